The van der Waals surface area contributed by atoms with Gasteiger partial charge in [-0.1, -0.05) is 33.6 Å². The summed E-state index contributed by atoms with van der Waals surface area (Å²) in [6, 6.07) is 6.53. The van der Waals surface area contributed by atoms with E-state index in [0.717, 1.165) is 36.8 Å². The zero-order valence-electron chi connectivity index (χ0n) is 14.2. The SMILES string of the molecule is CCCNC(CCCC(C)C)c1cc(OC)cc(OC)c1. The third-order valence-electron chi connectivity index (χ3n) is 3.69. The van der Waals surface area contributed by atoms with Gasteiger partial charge >= 0.3 is 0 Å². The quantitative estimate of drug-likeness (QED) is 0.685. The van der Waals surface area contributed by atoms with Crippen molar-refractivity contribution in [1.29, 1.82) is 0 Å². The van der Waals surface area contributed by atoms with Crippen LogP contribution in [0.25, 0.3) is 0 Å². The van der Waals surface area contributed by atoms with Crippen molar-refractivity contribution in [2.45, 2.75) is 52.5 Å². The first-order valence-corrected chi connectivity index (χ1v) is 8.07. The summed E-state index contributed by atoms with van der Waals surface area (Å²) in [5.41, 5.74) is 1.25. The van der Waals surface area contributed by atoms with Crippen LogP contribution in [0, 0.1) is 5.92 Å². The number of benzene rings is 1. The van der Waals surface area contributed by atoms with E-state index < -0.39 is 0 Å². The zero-order chi connectivity index (χ0) is 15.7. The highest BCUT2D eigenvalue weighted by molar-refractivity contribution is 5.39. The van der Waals surface area contributed by atoms with E-state index in [-0.39, 0.29) is 0 Å². The van der Waals surface area contributed by atoms with Gasteiger partial charge in [-0.05, 0) is 43.0 Å². The molecule has 0 amide bonds. The highest BCUT2D eigenvalue weighted by Crippen LogP contribution is 2.29. The Balaban J connectivity index is 2.84. The summed E-state index contributed by atoms with van der Waals surface area (Å²) in [4.78, 5) is 0. The van der Waals surface area contributed by atoms with Crippen molar-refractivity contribution in [3.05, 3.63) is 23.8 Å². The van der Waals surface area contributed by atoms with Crippen molar-refractivity contribution in [2.24, 2.45) is 5.92 Å². The molecule has 0 fully saturated rings. The standard InChI is InChI=1S/C18H31NO2/c1-6-10-19-18(9-7-8-14(2)3)15-11-16(20-4)13-17(12-15)21-5/h11-14,18-19H,6-10H2,1-5H3. The van der Waals surface area contributed by atoms with Crippen LogP contribution in [0.2, 0.25) is 0 Å². The van der Waals surface area contributed by atoms with Crippen molar-refractivity contribution in [3.8, 4) is 11.5 Å². The summed E-state index contributed by atoms with van der Waals surface area (Å²) in [5, 5.41) is 3.65. The van der Waals surface area contributed by atoms with E-state index in [1.165, 1.54) is 18.4 Å². The molecule has 0 bridgehead atoms. The smallest absolute Gasteiger partial charge is 0.122 e. The lowest BCUT2D eigenvalue weighted by Gasteiger charge is -2.21. The third-order valence-corrected chi connectivity index (χ3v) is 3.69. The van der Waals surface area contributed by atoms with Gasteiger partial charge in [-0.2, -0.15) is 0 Å². The van der Waals surface area contributed by atoms with Gasteiger partial charge in [0.05, 0.1) is 14.2 Å². The number of rotatable bonds is 10. The van der Waals surface area contributed by atoms with Gasteiger partial charge in [-0.25, -0.2) is 0 Å². The molecule has 1 unspecified atom stereocenters. The summed E-state index contributed by atoms with van der Waals surface area (Å²) < 4.78 is 10.8. The molecule has 1 atom stereocenters. The van der Waals surface area contributed by atoms with E-state index in [1.54, 1.807) is 14.2 Å². The molecule has 21 heavy (non-hydrogen) atoms. The average molecular weight is 293 g/mol. The molecule has 0 aliphatic heterocycles. The van der Waals surface area contributed by atoms with Gasteiger partial charge < -0.3 is 14.8 Å². The molecular formula is C18H31NO2. The minimum absolute atomic E-state index is 0.368. The highest BCUT2D eigenvalue weighted by Gasteiger charge is 2.13. The molecule has 0 aromatic heterocycles. The molecule has 1 N–H and O–H groups in total. The van der Waals surface area contributed by atoms with Crippen molar-refractivity contribution in [2.75, 3.05) is 20.8 Å². The molecule has 3 heteroatoms. The fourth-order valence-corrected chi connectivity index (χ4v) is 2.47. The molecule has 1 aromatic carbocycles. The predicted octanol–water partition coefficient (Wildman–Crippen LogP) is 4.57. The lowest BCUT2D eigenvalue weighted by molar-refractivity contribution is 0.389. The molecule has 0 aliphatic rings. The molecule has 0 aliphatic carbocycles. The maximum atomic E-state index is 5.39. The lowest BCUT2D eigenvalue weighted by Crippen LogP contribution is -2.22. The second-order valence-electron chi connectivity index (χ2n) is 5.98. The Morgan fingerprint density at radius 3 is 2.10 bits per heavy atom. The second kappa shape index (κ2) is 9.67. The van der Waals surface area contributed by atoms with Crippen LogP contribution in [0.15, 0.2) is 18.2 Å². The van der Waals surface area contributed by atoms with Gasteiger partial charge in [0.1, 0.15) is 11.5 Å². The Bertz CT molecular complexity index is 382. The van der Waals surface area contributed by atoms with Crippen LogP contribution in [-0.2, 0) is 0 Å². The van der Waals surface area contributed by atoms with Crippen LogP contribution < -0.4 is 14.8 Å². The number of methoxy groups -OCH3 is 2. The fourth-order valence-electron chi connectivity index (χ4n) is 2.47. The molecule has 120 valence electrons. The maximum absolute atomic E-state index is 5.39. The second-order valence-corrected chi connectivity index (χ2v) is 5.98. The van der Waals surface area contributed by atoms with E-state index >= 15 is 0 Å². The lowest BCUT2D eigenvalue weighted by atomic mass is 9.97. The zero-order valence-corrected chi connectivity index (χ0v) is 14.2. The number of hydrogen-bond donors (Lipinski definition) is 1. The van der Waals surface area contributed by atoms with Crippen LogP contribution in [0.3, 0.4) is 0 Å². The molecule has 0 saturated carbocycles. The normalized spacial score (nSPS) is 12.5. The van der Waals surface area contributed by atoms with E-state index in [9.17, 15) is 0 Å². The summed E-state index contributed by atoms with van der Waals surface area (Å²) in [5.74, 6) is 2.48. The average Bonchev–Trinajstić information content (AvgIpc) is 2.49. The van der Waals surface area contributed by atoms with Gasteiger partial charge in [0.2, 0.25) is 0 Å². The summed E-state index contributed by atoms with van der Waals surface area (Å²) in [7, 11) is 3.40. The number of hydrogen-bond acceptors (Lipinski definition) is 3. The Labute approximate surface area is 130 Å². The fraction of sp³-hybridized carbons (Fsp3) is 0.667. The van der Waals surface area contributed by atoms with Crippen LogP contribution in [0.1, 0.15) is 58.1 Å². The van der Waals surface area contributed by atoms with E-state index in [4.69, 9.17) is 9.47 Å². The van der Waals surface area contributed by atoms with Crippen molar-refractivity contribution >= 4 is 0 Å². The van der Waals surface area contributed by atoms with E-state index in [1.807, 2.05) is 6.07 Å². The number of nitrogens with one attached hydrogen (secondary N) is 1. The van der Waals surface area contributed by atoms with Crippen LogP contribution >= 0.6 is 0 Å². The summed E-state index contributed by atoms with van der Waals surface area (Å²) in [6.45, 7) is 7.79. The van der Waals surface area contributed by atoms with Crippen LogP contribution in [0.5, 0.6) is 11.5 Å². The third kappa shape index (κ3) is 6.38. The molecule has 3 nitrogen and oxygen atoms in total. The van der Waals surface area contributed by atoms with Gasteiger partial charge in [0.15, 0.2) is 0 Å². The maximum Gasteiger partial charge on any atom is 0.122 e. The van der Waals surface area contributed by atoms with Gasteiger partial charge in [0.25, 0.3) is 0 Å². The predicted molar refractivity (Wildman–Crippen MR) is 89.3 cm³/mol. The van der Waals surface area contributed by atoms with Crippen LogP contribution in [0.4, 0.5) is 0 Å². The molecule has 0 spiro atoms. The summed E-state index contributed by atoms with van der Waals surface area (Å²) >= 11 is 0. The molecule has 0 saturated heterocycles. The summed E-state index contributed by atoms with van der Waals surface area (Å²) in [6.07, 6.45) is 4.79. The van der Waals surface area contributed by atoms with Gasteiger partial charge in [-0.3, -0.25) is 0 Å². The van der Waals surface area contributed by atoms with Crippen molar-refractivity contribution < 1.29 is 9.47 Å². The van der Waals surface area contributed by atoms with E-state index in [0.29, 0.717) is 6.04 Å². The first kappa shape index (κ1) is 17.8. The molecule has 0 radical (unpaired) electrons. The molecular weight excluding hydrogens is 262 g/mol. The van der Waals surface area contributed by atoms with Gasteiger partial charge in [0, 0.05) is 12.1 Å². The Morgan fingerprint density at radius 1 is 1.00 bits per heavy atom. The first-order valence-electron chi connectivity index (χ1n) is 8.07. The molecule has 1 rings (SSSR count). The highest BCUT2D eigenvalue weighted by atomic mass is 16.5. The molecule has 0 heterocycles. The minimum Gasteiger partial charge on any atom is -0.497 e. The minimum atomic E-state index is 0.368. The molecule has 1 aromatic rings. The Morgan fingerprint density at radius 2 is 1.62 bits per heavy atom. The van der Waals surface area contributed by atoms with Gasteiger partial charge in [-0.15, -0.1) is 0 Å². The monoisotopic (exact) mass is 293 g/mol. The van der Waals surface area contributed by atoms with Crippen LogP contribution in [-0.4, -0.2) is 20.8 Å². The van der Waals surface area contributed by atoms with E-state index in [2.05, 4.69) is 38.2 Å². The first-order chi connectivity index (χ1) is 10.1. The van der Waals surface area contributed by atoms with Crippen molar-refractivity contribution in [1.82, 2.24) is 5.32 Å². The largest absolute Gasteiger partial charge is 0.497 e. The number of ether oxygens (including phenoxy) is 2. The topological polar surface area (TPSA) is 30.5 Å². The van der Waals surface area contributed by atoms with Crippen molar-refractivity contribution in [3.63, 3.8) is 0 Å². The Hall–Kier alpha value is -1.22. The Kier molecular flexibility index (Phi) is 8.21.